The zero-order valence-corrected chi connectivity index (χ0v) is 11.0. The van der Waals surface area contributed by atoms with Gasteiger partial charge in [0.05, 0.1) is 0 Å². The standard InChI is InChI=1S/C14H22FNO/c1-10(2)14(9-16-11(3)4)17-13-8-6-5-7-12(13)15/h5-8,10-11,14,16H,9H2,1-4H3. The number of para-hydroxylation sites is 1. The molecule has 0 aliphatic heterocycles. The first kappa shape index (κ1) is 14.0. The molecule has 0 saturated carbocycles. The monoisotopic (exact) mass is 239 g/mol. The lowest BCUT2D eigenvalue weighted by Crippen LogP contribution is -2.38. The molecule has 17 heavy (non-hydrogen) atoms. The molecule has 2 nitrogen and oxygen atoms in total. The summed E-state index contributed by atoms with van der Waals surface area (Å²) in [6.45, 7) is 9.05. The van der Waals surface area contributed by atoms with Gasteiger partial charge in [-0.05, 0) is 18.1 Å². The Hall–Kier alpha value is -1.09. The van der Waals surface area contributed by atoms with E-state index in [9.17, 15) is 4.39 Å². The first-order valence-corrected chi connectivity index (χ1v) is 6.15. The van der Waals surface area contributed by atoms with Crippen LogP contribution in [0.3, 0.4) is 0 Å². The summed E-state index contributed by atoms with van der Waals surface area (Å²) in [7, 11) is 0. The molecule has 3 heteroatoms. The first-order valence-electron chi connectivity index (χ1n) is 6.15. The molecule has 96 valence electrons. The summed E-state index contributed by atoms with van der Waals surface area (Å²) >= 11 is 0. The van der Waals surface area contributed by atoms with E-state index in [0.717, 1.165) is 6.54 Å². The van der Waals surface area contributed by atoms with Gasteiger partial charge in [0.2, 0.25) is 0 Å². The molecule has 1 unspecified atom stereocenters. The second-order valence-electron chi connectivity index (χ2n) is 4.89. The van der Waals surface area contributed by atoms with Crippen LogP contribution in [0.4, 0.5) is 4.39 Å². The molecule has 0 amide bonds. The van der Waals surface area contributed by atoms with Crippen LogP contribution in [-0.2, 0) is 0 Å². The molecule has 0 aliphatic rings. The van der Waals surface area contributed by atoms with Crippen molar-refractivity contribution < 1.29 is 9.13 Å². The summed E-state index contributed by atoms with van der Waals surface area (Å²) in [6, 6.07) is 6.94. The number of rotatable bonds is 6. The van der Waals surface area contributed by atoms with Gasteiger partial charge in [0.15, 0.2) is 11.6 Å². The van der Waals surface area contributed by atoms with E-state index in [2.05, 4.69) is 33.0 Å². The van der Waals surface area contributed by atoms with Gasteiger partial charge in [0.25, 0.3) is 0 Å². The second-order valence-corrected chi connectivity index (χ2v) is 4.89. The summed E-state index contributed by atoms with van der Waals surface area (Å²) in [5.41, 5.74) is 0. The van der Waals surface area contributed by atoms with Crippen molar-refractivity contribution in [3.8, 4) is 5.75 Å². The Labute approximate surface area is 103 Å². The van der Waals surface area contributed by atoms with Gasteiger partial charge in [-0.1, -0.05) is 39.8 Å². The van der Waals surface area contributed by atoms with Crippen LogP contribution >= 0.6 is 0 Å². The minimum Gasteiger partial charge on any atom is -0.486 e. The molecule has 0 heterocycles. The van der Waals surface area contributed by atoms with Gasteiger partial charge in [-0.25, -0.2) is 4.39 Å². The van der Waals surface area contributed by atoms with Crippen LogP contribution in [-0.4, -0.2) is 18.7 Å². The van der Waals surface area contributed by atoms with E-state index in [-0.39, 0.29) is 11.9 Å². The van der Waals surface area contributed by atoms with Crippen molar-refractivity contribution in [1.82, 2.24) is 5.32 Å². The SMILES string of the molecule is CC(C)NCC(Oc1ccccc1F)C(C)C. The van der Waals surface area contributed by atoms with Gasteiger partial charge in [-0.2, -0.15) is 0 Å². The Morgan fingerprint density at radius 3 is 2.35 bits per heavy atom. The molecule has 1 aromatic carbocycles. The molecule has 1 atom stereocenters. The van der Waals surface area contributed by atoms with Crippen molar-refractivity contribution in [2.75, 3.05) is 6.54 Å². The molecule has 1 rings (SSSR count). The van der Waals surface area contributed by atoms with E-state index in [0.29, 0.717) is 17.7 Å². The topological polar surface area (TPSA) is 21.3 Å². The second kappa shape index (κ2) is 6.60. The summed E-state index contributed by atoms with van der Waals surface area (Å²) < 4.78 is 19.2. The largest absolute Gasteiger partial charge is 0.486 e. The van der Waals surface area contributed by atoms with Gasteiger partial charge in [-0.15, -0.1) is 0 Å². The highest BCUT2D eigenvalue weighted by molar-refractivity contribution is 5.24. The van der Waals surface area contributed by atoms with E-state index >= 15 is 0 Å². The van der Waals surface area contributed by atoms with Crippen LogP contribution in [0.25, 0.3) is 0 Å². The Balaban J connectivity index is 2.64. The van der Waals surface area contributed by atoms with Gasteiger partial charge < -0.3 is 10.1 Å². The van der Waals surface area contributed by atoms with Crippen molar-refractivity contribution in [2.24, 2.45) is 5.92 Å². The lowest BCUT2D eigenvalue weighted by atomic mass is 10.1. The molecule has 0 fully saturated rings. The fourth-order valence-electron chi connectivity index (χ4n) is 1.47. The molecular weight excluding hydrogens is 217 g/mol. The van der Waals surface area contributed by atoms with E-state index in [1.165, 1.54) is 6.07 Å². The minimum atomic E-state index is -0.303. The molecule has 1 N–H and O–H groups in total. The van der Waals surface area contributed by atoms with E-state index in [4.69, 9.17) is 4.74 Å². The minimum absolute atomic E-state index is 0.0192. The molecule has 0 aromatic heterocycles. The van der Waals surface area contributed by atoms with Crippen LogP contribution in [0.15, 0.2) is 24.3 Å². The Bertz CT molecular complexity index is 339. The molecule has 0 spiro atoms. The zero-order chi connectivity index (χ0) is 12.8. The maximum Gasteiger partial charge on any atom is 0.165 e. The maximum absolute atomic E-state index is 13.5. The molecule has 0 aliphatic carbocycles. The van der Waals surface area contributed by atoms with E-state index < -0.39 is 0 Å². The number of hydrogen-bond donors (Lipinski definition) is 1. The number of halogens is 1. The predicted molar refractivity (Wildman–Crippen MR) is 68.8 cm³/mol. The van der Waals surface area contributed by atoms with Crippen molar-refractivity contribution in [1.29, 1.82) is 0 Å². The maximum atomic E-state index is 13.5. The van der Waals surface area contributed by atoms with E-state index in [1.54, 1.807) is 18.2 Å². The molecule has 0 saturated heterocycles. The van der Waals surface area contributed by atoms with Crippen LogP contribution in [0.1, 0.15) is 27.7 Å². The highest BCUT2D eigenvalue weighted by Gasteiger charge is 2.17. The van der Waals surface area contributed by atoms with Crippen LogP contribution in [0.2, 0.25) is 0 Å². The van der Waals surface area contributed by atoms with Crippen molar-refractivity contribution in [3.05, 3.63) is 30.1 Å². The highest BCUT2D eigenvalue weighted by Crippen LogP contribution is 2.19. The van der Waals surface area contributed by atoms with Crippen LogP contribution in [0, 0.1) is 11.7 Å². The van der Waals surface area contributed by atoms with Crippen molar-refractivity contribution in [3.63, 3.8) is 0 Å². The third-order valence-corrected chi connectivity index (χ3v) is 2.59. The van der Waals surface area contributed by atoms with Gasteiger partial charge in [0, 0.05) is 12.6 Å². The number of hydrogen-bond acceptors (Lipinski definition) is 2. The average molecular weight is 239 g/mol. The fraction of sp³-hybridized carbons (Fsp3) is 0.571. The zero-order valence-electron chi connectivity index (χ0n) is 11.0. The molecule has 0 radical (unpaired) electrons. The van der Waals surface area contributed by atoms with Gasteiger partial charge >= 0.3 is 0 Å². The third kappa shape index (κ3) is 4.73. The number of nitrogens with one attached hydrogen (secondary N) is 1. The number of ether oxygens (including phenoxy) is 1. The summed E-state index contributed by atoms with van der Waals surface area (Å²) in [5, 5.41) is 3.32. The fourth-order valence-corrected chi connectivity index (χ4v) is 1.47. The van der Waals surface area contributed by atoms with Crippen molar-refractivity contribution in [2.45, 2.75) is 39.8 Å². The van der Waals surface area contributed by atoms with Gasteiger partial charge in [-0.3, -0.25) is 0 Å². The van der Waals surface area contributed by atoms with Crippen molar-refractivity contribution >= 4 is 0 Å². The summed E-state index contributed by atoms with van der Waals surface area (Å²) in [5.74, 6) is 0.361. The lowest BCUT2D eigenvalue weighted by molar-refractivity contribution is 0.140. The van der Waals surface area contributed by atoms with Crippen LogP contribution in [0.5, 0.6) is 5.75 Å². The normalized spacial score (nSPS) is 13.1. The summed E-state index contributed by atoms with van der Waals surface area (Å²) in [6.07, 6.45) is -0.0192. The lowest BCUT2D eigenvalue weighted by Gasteiger charge is -2.24. The molecule has 0 bridgehead atoms. The average Bonchev–Trinajstić information content (AvgIpc) is 2.25. The van der Waals surface area contributed by atoms with Crippen LogP contribution < -0.4 is 10.1 Å². The Morgan fingerprint density at radius 1 is 1.18 bits per heavy atom. The predicted octanol–water partition coefficient (Wildman–Crippen LogP) is 3.23. The smallest absolute Gasteiger partial charge is 0.165 e. The molecular formula is C14H22FNO. The quantitative estimate of drug-likeness (QED) is 0.823. The Morgan fingerprint density at radius 2 is 1.82 bits per heavy atom. The third-order valence-electron chi connectivity index (χ3n) is 2.59. The van der Waals surface area contributed by atoms with Gasteiger partial charge in [0.1, 0.15) is 6.10 Å². The molecule has 1 aromatic rings. The Kier molecular flexibility index (Phi) is 5.42. The summed E-state index contributed by atoms with van der Waals surface area (Å²) in [4.78, 5) is 0. The highest BCUT2D eigenvalue weighted by atomic mass is 19.1. The first-order chi connectivity index (χ1) is 8.00. The van der Waals surface area contributed by atoms with E-state index in [1.807, 2.05) is 0 Å². The number of benzene rings is 1.